The predicted octanol–water partition coefficient (Wildman–Crippen LogP) is 3.70. The van der Waals surface area contributed by atoms with Gasteiger partial charge in [-0.05, 0) is 48.4 Å². The third kappa shape index (κ3) is 6.43. The number of nitrogens with one attached hydrogen (secondary N) is 1. The Hall–Kier alpha value is -2.65. The Bertz CT molecular complexity index is 1120. The lowest BCUT2D eigenvalue weighted by Crippen LogP contribution is -2.25. The van der Waals surface area contributed by atoms with Gasteiger partial charge in [-0.25, -0.2) is 17.8 Å². The maximum atomic E-state index is 13.7. The fourth-order valence-corrected chi connectivity index (χ4v) is 4.91. The van der Waals surface area contributed by atoms with Gasteiger partial charge < -0.3 is 9.88 Å². The van der Waals surface area contributed by atoms with Crippen LogP contribution in [-0.4, -0.2) is 35.4 Å². The number of hydrogen-bond acceptors (Lipinski definition) is 5. The van der Waals surface area contributed by atoms with Crippen LogP contribution in [0.3, 0.4) is 0 Å². The Kier molecular flexibility index (Phi) is 7.28. The highest BCUT2D eigenvalue weighted by molar-refractivity contribution is 7.99. The van der Waals surface area contributed by atoms with Gasteiger partial charge in [-0.15, -0.1) is 0 Å². The third-order valence-corrected chi connectivity index (χ3v) is 7.07. The molecule has 0 unspecified atom stereocenters. The molecular weight excluding hydrogens is 425 g/mol. The highest BCUT2D eigenvalue weighted by atomic mass is 32.2. The van der Waals surface area contributed by atoms with Gasteiger partial charge in [-0.2, -0.15) is 0 Å². The first-order valence-corrected chi connectivity index (χ1v) is 11.9. The number of aryl methyl sites for hydroxylation is 2. The summed E-state index contributed by atoms with van der Waals surface area (Å²) in [5, 5.41) is 3.19. The second-order valence-electron chi connectivity index (χ2n) is 6.79. The summed E-state index contributed by atoms with van der Waals surface area (Å²) in [6.07, 6.45) is 4.45. The topological polar surface area (TPSA) is 81.1 Å². The fraction of sp³-hybridized carbons (Fsp3) is 0.238. The Balaban J connectivity index is 1.61. The van der Waals surface area contributed by atoms with Crippen molar-refractivity contribution in [3.63, 3.8) is 0 Å². The maximum Gasteiger partial charge on any atom is 0.239 e. The molecule has 30 heavy (non-hydrogen) atoms. The Labute approximate surface area is 179 Å². The largest absolute Gasteiger partial charge is 0.329 e. The van der Waals surface area contributed by atoms with E-state index in [-0.39, 0.29) is 11.4 Å². The zero-order valence-electron chi connectivity index (χ0n) is 16.4. The van der Waals surface area contributed by atoms with E-state index in [1.807, 2.05) is 37.4 Å². The number of nitrogens with zero attached hydrogens (tertiary/aromatic N) is 2. The lowest BCUT2D eigenvalue weighted by Gasteiger charge is -2.11. The van der Waals surface area contributed by atoms with Crippen molar-refractivity contribution >= 4 is 33.2 Å². The average Bonchev–Trinajstić information content (AvgIpc) is 3.08. The summed E-state index contributed by atoms with van der Waals surface area (Å²) in [4.78, 5) is 17.1. The van der Waals surface area contributed by atoms with Crippen LogP contribution in [-0.2, 0) is 28.1 Å². The summed E-state index contributed by atoms with van der Waals surface area (Å²) in [5.74, 6) is -1.96. The third-order valence-electron chi connectivity index (χ3n) is 4.31. The Morgan fingerprint density at radius 1 is 1.20 bits per heavy atom. The molecule has 0 aliphatic rings. The summed E-state index contributed by atoms with van der Waals surface area (Å²) in [6.45, 7) is 0. The van der Waals surface area contributed by atoms with Gasteiger partial charge in [-0.3, -0.25) is 4.79 Å². The van der Waals surface area contributed by atoms with Crippen molar-refractivity contribution in [2.75, 3.05) is 16.8 Å². The fourth-order valence-electron chi connectivity index (χ4n) is 2.84. The number of rotatable bonds is 9. The molecule has 3 rings (SSSR count). The lowest BCUT2D eigenvalue weighted by atomic mass is 10.1. The number of aromatic nitrogens is 2. The van der Waals surface area contributed by atoms with Gasteiger partial charge in [0.25, 0.3) is 0 Å². The van der Waals surface area contributed by atoms with Crippen LogP contribution in [0.4, 0.5) is 10.1 Å². The van der Waals surface area contributed by atoms with Gasteiger partial charge in [0.15, 0.2) is 15.0 Å². The molecule has 158 valence electrons. The summed E-state index contributed by atoms with van der Waals surface area (Å²) >= 11 is 1.25. The number of amides is 1. The van der Waals surface area contributed by atoms with Crippen molar-refractivity contribution < 1.29 is 17.6 Å². The number of halogens is 1. The van der Waals surface area contributed by atoms with Crippen molar-refractivity contribution in [1.29, 1.82) is 0 Å². The molecule has 0 bridgehead atoms. The predicted molar refractivity (Wildman–Crippen MR) is 116 cm³/mol. The van der Waals surface area contributed by atoms with E-state index < -0.39 is 27.3 Å². The normalized spacial score (nSPS) is 11.4. The number of carbonyl (C=O) groups excluding carboxylic acids is 1. The molecular formula is C21H22FN3O3S2. The number of sulfone groups is 1. The second-order valence-corrected chi connectivity index (χ2v) is 9.99. The maximum absolute atomic E-state index is 13.7. The van der Waals surface area contributed by atoms with Crippen LogP contribution in [0, 0.1) is 5.82 Å². The highest BCUT2D eigenvalue weighted by Gasteiger charge is 2.18. The molecule has 1 aromatic heterocycles. The zero-order valence-corrected chi connectivity index (χ0v) is 18.0. The van der Waals surface area contributed by atoms with Crippen molar-refractivity contribution in [2.24, 2.45) is 7.05 Å². The number of imidazole rings is 1. The molecule has 9 heteroatoms. The van der Waals surface area contributed by atoms with Crippen molar-refractivity contribution in [1.82, 2.24) is 9.55 Å². The first-order valence-electron chi connectivity index (χ1n) is 9.31. The molecule has 0 saturated carbocycles. The molecule has 0 saturated heterocycles. The molecule has 0 aliphatic heterocycles. The first-order chi connectivity index (χ1) is 14.3. The lowest BCUT2D eigenvalue weighted by molar-refractivity contribution is -0.113. The first kappa shape index (κ1) is 22.0. The molecule has 1 heterocycles. The molecule has 0 radical (unpaired) electrons. The van der Waals surface area contributed by atoms with E-state index in [9.17, 15) is 17.6 Å². The van der Waals surface area contributed by atoms with Crippen molar-refractivity contribution in [3.8, 4) is 0 Å². The van der Waals surface area contributed by atoms with Gasteiger partial charge in [0.1, 0.15) is 11.6 Å². The van der Waals surface area contributed by atoms with Crippen LogP contribution in [0.15, 0.2) is 71.0 Å². The van der Waals surface area contributed by atoms with E-state index >= 15 is 0 Å². The van der Waals surface area contributed by atoms with Gasteiger partial charge in [0, 0.05) is 24.3 Å². The number of benzene rings is 2. The van der Waals surface area contributed by atoms with Crippen LogP contribution < -0.4 is 5.32 Å². The van der Waals surface area contributed by atoms with Gasteiger partial charge in [0.05, 0.1) is 11.4 Å². The molecule has 1 amide bonds. The van der Waals surface area contributed by atoms with E-state index in [0.29, 0.717) is 22.9 Å². The molecule has 0 aliphatic carbocycles. The molecule has 1 N–H and O–H groups in total. The quantitative estimate of drug-likeness (QED) is 0.541. The minimum Gasteiger partial charge on any atom is -0.329 e. The minimum absolute atomic E-state index is 0.0899. The van der Waals surface area contributed by atoms with Gasteiger partial charge in [0.2, 0.25) is 5.91 Å². The van der Waals surface area contributed by atoms with Crippen LogP contribution in [0.25, 0.3) is 0 Å². The van der Waals surface area contributed by atoms with E-state index in [4.69, 9.17) is 0 Å². The minimum atomic E-state index is -3.58. The van der Waals surface area contributed by atoms with Crippen LogP contribution >= 0.6 is 11.8 Å². The summed E-state index contributed by atoms with van der Waals surface area (Å²) in [7, 11) is -1.76. The van der Waals surface area contributed by atoms with Crippen LogP contribution in [0.5, 0.6) is 0 Å². The van der Waals surface area contributed by atoms with Crippen molar-refractivity contribution in [2.45, 2.75) is 22.9 Å². The summed E-state index contributed by atoms with van der Waals surface area (Å²) in [6, 6.07) is 13.5. The standard InChI is InChI=1S/C21H22FN3O3S2/c1-25-12-11-23-21(25)29-19-10-9-17(22)14-18(19)24-20(26)15-30(27,28)13-5-8-16-6-3-2-4-7-16/h2-4,6-7,9-12,14H,5,8,13,15H2,1H3,(H,24,26). The summed E-state index contributed by atoms with van der Waals surface area (Å²) in [5.41, 5.74) is 1.26. The van der Waals surface area contributed by atoms with E-state index in [1.54, 1.807) is 17.0 Å². The van der Waals surface area contributed by atoms with Gasteiger partial charge >= 0.3 is 0 Å². The molecule has 0 atom stereocenters. The van der Waals surface area contributed by atoms with Gasteiger partial charge in [-0.1, -0.05) is 30.3 Å². The Morgan fingerprint density at radius 3 is 2.67 bits per heavy atom. The molecule has 0 fully saturated rings. The van der Waals surface area contributed by atoms with Crippen LogP contribution in [0.1, 0.15) is 12.0 Å². The van der Waals surface area contributed by atoms with Crippen LogP contribution in [0.2, 0.25) is 0 Å². The number of anilines is 1. The molecule has 0 spiro atoms. The number of hydrogen-bond donors (Lipinski definition) is 1. The smallest absolute Gasteiger partial charge is 0.239 e. The second kappa shape index (κ2) is 9.90. The number of carbonyl (C=O) groups is 1. The SMILES string of the molecule is Cn1ccnc1Sc1ccc(F)cc1NC(=O)CS(=O)(=O)CCCc1ccccc1. The molecule has 3 aromatic rings. The van der Waals surface area contributed by atoms with Crippen molar-refractivity contribution in [3.05, 3.63) is 72.3 Å². The monoisotopic (exact) mass is 447 g/mol. The summed E-state index contributed by atoms with van der Waals surface area (Å²) < 4.78 is 40.2. The van der Waals surface area contributed by atoms with E-state index in [2.05, 4.69) is 10.3 Å². The van der Waals surface area contributed by atoms with E-state index in [1.165, 1.54) is 30.0 Å². The highest BCUT2D eigenvalue weighted by Crippen LogP contribution is 2.32. The molecule has 2 aromatic carbocycles. The zero-order chi connectivity index (χ0) is 21.6. The molecule has 6 nitrogen and oxygen atoms in total. The Morgan fingerprint density at radius 2 is 1.97 bits per heavy atom. The van der Waals surface area contributed by atoms with E-state index in [0.717, 1.165) is 5.56 Å². The average molecular weight is 448 g/mol.